The van der Waals surface area contributed by atoms with E-state index in [4.69, 9.17) is 4.74 Å². The molecule has 1 N–H and O–H groups in total. The second kappa shape index (κ2) is 6.31. The number of rotatable bonds is 6. The van der Waals surface area contributed by atoms with Crippen LogP contribution in [0.5, 0.6) is 5.75 Å². The maximum atomic E-state index is 10.4. The van der Waals surface area contributed by atoms with E-state index in [1.807, 2.05) is 30.3 Å². The summed E-state index contributed by atoms with van der Waals surface area (Å²) in [7, 11) is 0. The van der Waals surface area contributed by atoms with Crippen molar-refractivity contribution in [2.24, 2.45) is 0 Å². The van der Waals surface area contributed by atoms with Crippen LogP contribution < -0.4 is 4.74 Å². The van der Waals surface area contributed by atoms with Gasteiger partial charge in [-0.2, -0.15) is 0 Å². The summed E-state index contributed by atoms with van der Waals surface area (Å²) in [6, 6.07) is 16.2. The van der Waals surface area contributed by atoms with Crippen molar-refractivity contribution >= 4 is 0 Å². The monoisotopic (exact) mass is 282 g/mol. The van der Waals surface area contributed by atoms with Crippen LogP contribution in [-0.2, 0) is 6.42 Å². The molecule has 0 saturated heterocycles. The molecule has 1 saturated carbocycles. The topological polar surface area (TPSA) is 29.5 Å². The van der Waals surface area contributed by atoms with E-state index in [0.29, 0.717) is 6.10 Å². The molecule has 0 bridgehead atoms. The second-order valence-electron chi connectivity index (χ2n) is 5.87. The van der Waals surface area contributed by atoms with Gasteiger partial charge < -0.3 is 9.84 Å². The van der Waals surface area contributed by atoms with Crippen molar-refractivity contribution in [1.82, 2.24) is 0 Å². The Labute approximate surface area is 126 Å². The highest BCUT2D eigenvalue weighted by Crippen LogP contribution is 2.29. The molecule has 1 atom stereocenters. The van der Waals surface area contributed by atoms with Crippen LogP contribution in [-0.4, -0.2) is 11.2 Å². The van der Waals surface area contributed by atoms with Crippen LogP contribution in [0.25, 0.3) is 0 Å². The second-order valence-corrected chi connectivity index (χ2v) is 5.87. The Morgan fingerprint density at radius 2 is 1.95 bits per heavy atom. The molecule has 0 aliphatic heterocycles. The highest BCUT2D eigenvalue weighted by molar-refractivity contribution is 5.31. The van der Waals surface area contributed by atoms with E-state index in [0.717, 1.165) is 37.0 Å². The number of ether oxygens (including phenoxy) is 1. The van der Waals surface area contributed by atoms with Crippen molar-refractivity contribution in [3.8, 4) is 5.75 Å². The van der Waals surface area contributed by atoms with Gasteiger partial charge in [-0.05, 0) is 61.4 Å². The Hall–Kier alpha value is -1.80. The fourth-order valence-electron chi connectivity index (χ4n) is 2.52. The van der Waals surface area contributed by atoms with Crippen LogP contribution in [0, 0.1) is 6.92 Å². The average Bonchev–Trinajstić information content (AvgIpc) is 3.30. The van der Waals surface area contributed by atoms with Crippen LogP contribution in [0.2, 0.25) is 0 Å². The summed E-state index contributed by atoms with van der Waals surface area (Å²) in [5.74, 6) is 0.880. The van der Waals surface area contributed by atoms with Crippen LogP contribution in [0.15, 0.2) is 48.5 Å². The molecule has 3 rings (SSSR count). The lowest BCUT2D eigenvalue weighted by Crippen LogP contribution is -2.02. The van der Waals surface area contributed by atoms with Crippen LogP contribution >= 0.6 is 0 Å². The van der Waals surface area contributed by atoms with Gasteiger partial charge >= 0.3 is 0 Å². The summed E-state index contributed by atoms with van der Waals surface area (Å²) in [6.07, 6.45) is 3.89. The lowest BCUT2D eigenvalue weighted by molar-refractivity contribution is 0.167. The van der Waals surface area contributed by atoms with E-state index in [1.165, 1.54) is 11.1 Å². The fraction of sp³-hybridized carbons (Fsp3) is 0.368. The quantitative estimate of drug-likeness (QED) is 0.860. The maximum absolute atomic E-state index is 10.4. The summed E-state index contributed by atoms with van der Waals surface area (Å²) in [4.78, 5) is 0. The third kappa shape index (κ3) is 3.85. The molecule has 110 valence electrons. The molecular weight excluding hydrogens is 260 g/mol. The van der Waals surface area contributed by atoms with Gasteiger partial charge in [-0.25, -0.2) is 0 Å². The molecule has 0 aromatic heterocycles. The number of hydrogen-bond acceptors (Lipinski definition) is 2. The van der Waals surface area contributed by atoms with Crippen LogP contribution in [0.3, 0.4) is 0 Å². The van der Waals surface area contributed by atoms with E-state index in [1.54, 1.807) is 0 Å². The highest BCUT2D eigenvalue weighted by atomic mass is 16.5. The zero-order chi connectivity index (χ0) is 14.7. The molecule has 2 nitrogen and oxygen atoms in total. The Kier molecular flexibility index (Phi) is 4.26. The standard InChI is InChI=1S/C19H22O2/c1-14-5-2-3-6-15(14)9-12-19(20)16-7-4-8-18(13-16)21-17-10-11-17/h2-8,13,17,19-20H,9-12H2,1H3. The van der Waals surface area contributed by atoms with Gasteiger partial charge in [0.1, 0.15) is 5.75 Å². The number of aliphatic hydroxyl groups excluding tert-OH is 1. The molecule has 0 spiro atoms. The van der Waals surface area contributed by atoms with E-state index in [9.17, 15) is 5.11 Å². The van der Waals surface area contributed by atoms with Gasteiger partial charge in [-0.15, -0.1) is 0 Å². The molecule has 0 heterocycles. The molecule has 0 amide bonds. The van der Waals surface area contributed by atoms with Crippen molar-refractivity contribution in [3.05, 3.63) is 65.2 Å². The van der Waals surface area contributed by atoms with Crippen LogP contribution in [0.1, 0.15) is 42.1 Å². The fourth-order valence-corrected chi connectivity index (χ4v) is 2.52. The SMILES string of the molecule is Cc1ccccc1CCC(O)c1cccc(OC2CC2)c1. The van der Waals surface area contributed by atoms with Crippen molar-refractivity contribution in [2.45, 2.75) is 44.8 Å². The molecule has 1 aliphatic carbocycles. The summed E-state index contributed by atoms with van der Waals surface area (Å²) in [6.45, 7) is 2.12. The predicted octanol–water partition coefficient (Wildman–Crippen LogP) is 4.20. The molecule has 1 aliphatic rings. The highest BCUT2D eigenvalue weighted by Gasteiger charge is 2.23. The molecule has 21 heavy (non-hydrogen) atoms. The van der Waals surface area contributed by atoms with Gasteiger partial charge in [0.05, 0.1) is 12.2 Å². The Balaban J connectivity index is 1.62. The maximum Gasteiger partial charge on any atom is 0.120 e. The largest absolute Gasteiger partial charge is 0.490 e. The van der Waals surface area contributed by atoms with Gasteiger partial charge in [0.2, 0.25) is 0 Å². The first kappa shape index (κ1) is 14.2. The minimum Gasteiger partial charge on any atom is -0.490 e. The first-order chi connectivity index (χ1) is 10.2. The van der Waals surface area contributed by atoms with E-state index >= 15 is 0 Å². The Morgan fingerprint density at radius 1 is 1.14 bits per heavy atom. The minimum absolute atomic E-state index is 0.393. The van der Waals surface area contributed by atoms with Gasteiger partial charge in [0.25, 0.3) is 0 Å². The smallest absolute Gasteiger partial charge is 0.120 e. The number of benzene rings is 2. The van der Waals surface area contributed by atoms with Crippen molar-refractivity contribution in [2.75, 3.05) is 0 Å². The zero-order valence-corrected chi connectivity index (χ0v) is 12.5. The third-order valence-corrected chi connectivity index (χ3v) is 4.02. The van der Waals surface area contributed by atoms with Crippen molar-refractivity contribution in [3.63, 3.8) is 0 Å². The number of aliphatic hydroxyl groups is 1. The normalized spacial score (nSPS) is 15.7. The van der Waals surface area contributed by atoms with E-state index in [2.05, 4.69) is 25.1 Å². The summed E-state index contributed by atoms with van der Waals surface area (Å²) in [5, 5.41) is 10.4. The molecular formula is C19H22O2. The summed E-state index contributed by atoms with van der Waals surface area (Å²) < 4.78 is 5.79. The molecule has 2 aromatic rings. The lowest BCUT2D eigenvalue weighted by Gasteiger charge is -2.13. The Bertz CT molecular complexity index is 602. The summed E-state index contributed by atoms with van der Waals surface area (Å²) in [5.41, 5.74) is 3.54. The molecule has 0 radical (unpaired) electrons. The predicted molar refractivity (Wildman–Crippen MR) is 84.6 cm³/mol. The van der Waals surface area contributed by atoms with Crippen LogP contribution in [0.4, 0.5) is 0 Å². The number of aryl methyl sites for hydroxylation is 2. The zero-order valence-electron chi connectivity index (χ0n) is 12.5. The lowest BCUT2D eigenvalue weighted by atomic mass is 9.98. The first-order valence-corrected chi connectivity index (χ1v) is 7.71. The number of hydrogen-bond donors (Lipinski definition) is 1. The summed E-state index contributed by atoms with van der Waals surface area (Å²) >= 11 is 0. The van der Waals surface area contributed by atoms with Gasteiger partial charge in [0, 0.05) is 0 Å². The Morgan fingerprint density at radius 3 is 2.71 bits per heavy atom. The van der Waals surface area contributed by atoms with E-state index in [-0.39, 0.29) is 0 Å². The molecule has 1 fully saturated rings. The average molecular weight is 282 g/mol. The molecule has 2 heteroatoms. The van der Waals surface area contributed by atoms with Crippen molar-refractivity contribution in [1.29, 1.82) is 0 Å². The van der Waals surface area contributed by atoms with Crippen molar-refractivity contribution < 1.29 is 9.84 Å². The van der Waals surface area contributed by atoms with Gasteiger partial charge in [-0.3, -0.25) is 0 Å². The van der Waals surface area contributed by atoms with Gasteiger partial charge in [0.15, 0.2) is 0 Å². The third-order valence-electron chi connectivity index (χ3n) is 4.02. The minimum atomic E-state index is -0.438. The molecule has 1 unspecified atom stereocenters. The van der Waals surface area contributed by atoms with E-state index < -0.39 is 6.10 Å². The van der Waals surface area contributed by atoms with Gasteiger partial charge in [-0.1, -0.05) is 36.4 Å². The molecule has 2 aromatic carbocycles. The first-order valence-electron chi connectivity index (χ1n) is 7.71.